The summed E-state index contributed by atoms with van der Waals surface area (Å²) in [5.41, 5.74) is 2.12. The fourth-order valence-electron chi connectivity index (χ4n) is 2.98. The number of aromatic nitrogens is 1. The van der Waals surface area contributed by atoms with E-state index in [2.05, 4.69) is 10.3 Å². The van der Waals surface area contributed by atoms with Gasteiger partial charge in [-0.15, -0.1) is 0 Å². The lowest BCUT2D eigenvalue weighted by Gasteiger charge is -2.34. The van der Waals surface area contributed by atoms with Gasteiger partial charge in [-0.05, 0) is 51.2 Å². The molecule has 1 aromatic rings. The van der Waals surface area contributed by atoms with E-state index in [1.165, 1.54) is 4.90 Å². The van der Waals surface area contributed by atoms with Crippen molar-refractivity contribution in [2.75, 3.05) is 13.6 Å². The number of nitrogens with one attached hydrogen (secondary N) is 2. The molecule has 0 aliphatic carbocycles. The van der Waals surface area contributed by atoms with Crippen molar-refractivity contribution in [1.29, 1.82) is 0 Å². The van der Waals surface area contributed by atoms with Crippen molar-refractivity contribution in [3.63, 3.8) is 0 Å². The maximum atomic E-state index is 12.9. The number of amides is 2. The standard InChI is InChI=1S/C16H23N3O3/c1-9-10(2)13(15(21)18-11(9)3)16(22)19-8-6-5-7-12(19)14(20)17-4/h12H,5-8H2,1-4H3,(H,17,20)(H,18,21). The van der Waals surface area contributed by atoms with E-state index in [9.17, 15) is 14.4 Å². The van der Waals surface area contributed by atoms with Gasteiger partial charge >= 0.3 is 0 Å². The van der Waals surface area contributed by atoms with Crippen molar-refractivity contribution in [2.24, 2.45) is 0 Å². The Labute approximate surface area is 129 Å². The lowest BCUT2D eigenvalue weighted by Crippen LogP contribution is -2.52. The predicted molar refractivity (Wildman–Crippen MR) is 84.0 cm³/mol. The molecule has 1 aliphatic heterocycles. The summed E-state index contributed by atoms with van der Waals surface area (Å²) in [6.07, 6.45) is 2.39. The highest BCUT2D eigenvalue weighted by molar-refractivity contribution is 5.98. The van der Waals surface area contributed by atoms with Gasteiger partial charge in [-0.2, -0.15) is 0 Å². The van der Waals surface area contributed by atoms with E-state index in [-0.39, 0.29) is 22.9 Å². The number of hydrogen-bond donors (Lipinski definition) is 2. The third kappa shape index (κ3) is 2.77. The molecular formula is C16H23N3O3. The van der Waals surface area contributed by atoms with Crippen LogP contribution in [-0.2, 0) is 4.79 Å². The fourth-order valence-corrected chi connectivity index (χ4v) is 2.98. The van der Waals surface area contributed by atoms with Gasteiger partial charge in [0, 0.05) is 19.3 Å². The van der Waals surface area contributed by atoms with Gasteiger partial charge in [0.25, 0.3) is 11.5 Å². The number of carbonyl (C=O) groups excluding carboxylic acids is 2. The minimum atomic E-state index is -0.494. The maximum absolute atomic E-state index is 12.9. The first-order chi connectivity index (χ1) is 10.4. The molecular weight excluding hydrogens is 282 g/mol. The van der Waals surface area contributed by atoms with E-state index in [0.717, 1.165) is 24.1 Å². The molecule has 6 nitrogen and oxygen atoms in total. The van der Waals surface area contributed by atoms with Crippen molar-refractivity contribution in [2.45, 2.75) is 46.1 Å². The number of pyridine rings is 1. The molecule has 2 rings (SSSR count). The lowest BCUT2D eigenvalue weighted by atomic mass is 9.98. The molecule has 0 saturated carbocycles. The van der Waals surface area contributed by atoms with E-state index < -0.39 is 6.04 Å². The molecule has 0 spiro atoms. The number of likely N-dealkylation sites (tertiary alicyclic amines) is 1. The first kappa shape index (κ1) is 16.3. The second-order valence-corrected chi connectivity index (χ2v) is 5.83. The van der Waals surface area contributed by atoms with E-state index in [4.69, 9.17) is 0 Å². The third-order valence-electron chi connectivity index (χ3n) is 4.55. The smallest absolute Gasteiger partial charge is 0.261 e. The molecule has 1 aliphatic rings. The lowest BCUT2D eigenvalue weighted by molar-refractivity contribution is -0.126. The molecule has 1 aromatic heterocycles. The molecule has 1 unspecified atom stereocenters. The van der Waals surface area contributed by atoms with E-state index in [1.54, 1.807) is 14.0 Å². The van der Waals surface area contributed by atoms with Gasteiger partial charge in [0.05, 0.1) is 0 Å². The van der Waals surface area contributed by atoms with Gasteiger partial charge in [0.1, 0.15) is 11.6 Å². The topological polar surface area (TPSA) is 82.3 Å². The number of carbonyl (C=O) groups is 2. The van der Waals surface area contributed by atoms with Gasteiger partial charge in [-0.3, -0.25) is 14.4 Å². The van der Waals surface area contributed by atoms with Crippen LogP contribution >= 0.6 is 0 Å². The van der Waals surface area contributed by atoms with Gasteiger partial charge < -0.3 is 15.2 Å². The second-order valence-electron chi connectivity index (χ2n) is 5.83. The number of piperidine rings is 1. The monoisotopic (exact) mass is 305 g/mol. The van der Waals surface area contributed by atoms with Crippen LogP contribution in [0.4, 0.5) is 0 Å². The number of hydrogen-bond acceptors (Lipinski definition) is 3. The van der Waals surface area contributed by atoms with E-state index in [1.807, 2.05) is 13.8 Å². The van der Waals surface area contributed by atoms with Crippen molar-refractivity contribution in [1.82, 2.24) is 15.2 Å². The zero-order valence-corrected chi connectivity index (χ0v) is 13.6. The first-order valence-corrected chi connectivity index (χ1v) is 7.61. The Balaban J connectivity index is 2.44. The SMILES string of the molecule is CNC(=O)C1CCCCN1C(=O)c1c(C)c(C)c(C)[nH]c1=O. The summed E-state index contributed by atoms with van der Waals surface area (Å²) in [6, 6.07) is -0.494. The summed E-state index contributed by atoms with van der Waals surface area (Å²) < 4.78 is 0. The van der Waals surface area contributed by atoms with Crippen LogP contribution in [0.15, 0.2) is 4.79 Å². The highest BCUT2D eigenvalue weighted by Crippen LogP contribution is 2.21. The number of aromatic amines is 1. The third-order valence-corrected chi connectivity index (χ3v) is 4.55. The minimum Gasteiger partial charge on any atom is -0.357 e. The summed E-state index contributed by atoms with van der Waals surface area (Å²) in [6.45, 7) is 5.97. The van der Waals surface area contributed by atoms with Gasteiger partial charge in [-0.1, -0.05) is 0 Å². The summed E-state index contributed by atoms with van der Waals surface area (Å²) in [4.78, 5) is 41.4. The van der Waals surface area contributed by atoms with Gasteiger partial charge in [0.15, 0.2) is 0 Å². The number of H-pyrrole nitrogens is 1. The van der Waals surface area contributed by atoms with Crippen molar-refractivity contribution >= 4 is 11.8 Å². The average molecular weight is 305 g/mol. The van der Waals surface area contributed by atoms with Crippen LogP contribution in [0.3, 0.4) is 0 Å². The Bertz CT molecular complexity index is 663. The summed E-state index contributed by atoms with van der Waals surface area (Å²) in [5.74, 6) is -0.527. The zero-order chi connectivity index (χ0) is 16.4. The Morgan fingerprint density at radius 2 is 1.86 bits per heavy atom. The molecule has 2 N–H and O–H groups in total. The predicted octanol–water partition coefficient (Wildman–Crippen LogP) is 1.04. The Hall–Kier alpha value is -2.11. The molecule has 2 amide bonds. The van der Waals surface area contributed by atoms with Crippen LogP contribution in [0, 0.1) is 20.8 Å². The normalized spacial score (nSPS) is 18.2. The van der Waals surface area contributed by atoms with Crippen LogP contribution in [0.1, 0.15) is 46.4 Å². The maximum Gasteiger partial charge on any atom is 0.261 e. The summed E-state index contributed by atoms with van der Waals surface area (Å²) >= 11 is 0. The van der Waals surface area contributed by atoms with Gasteiger partial charge in [0.2, 0.25) is 5.91 Å². The minimum absolute atomic E-state index is 0.152. The molecule has 6 heteroatoms. The molecule has 2 heterocycles. The van der Waals surface area contributed by atoms with E-state index >= 15 is 0 Å². The van der Waals surface area contributed by atoms with E-state index in [0.29, 0.717) is 18.5 Å². The Kier molecular flexibility index (Phi) is 4.68. The van der Waals surface area contributed by atoms with Crippen molar-refractivity contribution in [3.05, 3.63) is 32.7 Å². The molecule has 0 aromatic carbocycles. The molecule has 120 valence electrons. The quantitative estimate of drug-likeness (QED) is 0.856. The number of nitrogens with zero attached hydrogens (tertiary/aromatic N) is 1. The molecule has 0 bridgehead atoms. The number of aryl methyl sites for hydroxylation is 1. The first-order valence-electron chi connectivity index (χ1n) is 7.61. The van der Waals surface area contributed by atoms with Gasteiger partial charge in [-0.25, -0.2) is 0 Å². The molecule has 1 saturated heterocycles. The molecule has 1 atom stereocenters. The fraction of sp³-hybridized carbons (Fsp3) is 0.562. The Morgan fingerprint density at radius 3 is 2.50 bits per heavy atom. The zero-order valence-electron chi connectivity index (χ0n) is 13.6. The largest absolute Gasteiger partial charge is 0.357 e. The van der Waals surface area contributed by atoms with Crippen molar-refractivity contribution in [3.8, 4) is 0 Å². The molecule has 22 heavy (non-hydrogen) atoms. The Morgan fingerprint density at radius 1 is 1.18 bits per heavy atom. The highest BCUT2D eigenvalue weighted by Gasteiger charge is 2.34. The van der Waals surface area contributed by atoms with Crippen LogP contribution < -0.4 is 10.9 Å². The van der Waals surface area contributed by atoms with Crippen LogP contribution in [0.5, 0.6) is 0 Å². The number of likely N-dealkylation sites (N-methyl/N-ethyl adjacent to an activating group) is 1. The highest BCUT2D eigenvalue weighted by atomic mass is 16.2. The van der Waals surface area contributed by atoms with Crippen LogP contribution in [0.2, 0.25) is 0 Å². The number of rotatable bonds is 2. The van der Waals surface area contributed by atoms with Crippen LogP contribution in [0.25, 0.3) is 0 Å². The molecule has 0 radical (unpaired) electrons. The second kappa shape index (κ2) is 6.34. The van der Waals surface area contributed by atoms with Crippen molar-refractivity contribution < 1.29 is 9.59 Å². The van der Waals surface area contributed by atoms with Crippen LogP contribution in [-0.4, -0.2) is 41.3 Å². The average Bonchev–Trinajstić information content (AvgIpc) is 2.51. The summed E-state index contributed by atoms with van der Waals surface area (Å²) in [5, 5.41) is 2.60. The summed E-state index contributed by atoms with van der Waals surface area (Å²) in [7, 11) is 1.56. The molecule has 1 fully saturated rings.